The van der Waals surface area contributed by atoms with Gasteiger partial charge in [-0.15, -0.1) is 0 Å². The van der Waals surface area contributed by atoms with Crippen LogP contribution in [0.25, 0.3) is 22.3 Å². The summed E-state index contributed by atoms with van der Waals surface area (Å²) in [6.45, 7) is 1.33. The number of aromatic nitrogens is 2. The summed E-state index contributed by atoms with van der Waals surface area (Å²) in [5.74, 6) is -0.920. The fraction of sp³-hybridized carbons (Fsp3) is 0.167. The predicted octanol–water partition coefficient (Wildman–Crippen LogP) is 1.78. The number of Topliss-reactive ketones (excluding diaryl/α,β-unsaturated/α-hetero) is 1. The van der Waals surface area contributed by atoms with Crippen LogP contribution in [0.1, 0.15) is 28.9 Å². The summed E-state index contributed by atoms with van der Waals surface area (Å²) in [6.07, 6.45) is 0.322. The van der Waals surface area contributed by atoms with Crippen molar-refractivity contribution in [2.75, 3.05) is 0 Å². The zero-order valence-electron chi connectivity index (χ0n) is 13.0. The number of hydrogen-bond donors (Lipinski definition) is 2. The maximum atomic E-state index is 12.7. The van der Waals surface area contributed by atoms with E-state index in [1.807, 2.05) is 24.3 Å². The average molecular weight is 321 g/mol. The summed E-state index contributed by atoms with van der Waals surface area (Å²) < 4.78 is 1.34. The molecule has 0 bridgehead atoms. The van der Waals surface area contributed by atoms with Crippen molar-refractivity contribution >= 4 is 22.6 Å². The molecule has 1 aliphatic rings. The van der Waals surface area contributed by atoms with E-state index in [-0.39, 0.29) is 11.3 Å². The second-order valence-corrected chi connectivity index (χ2v) is 6.01. The van der Waals surface area contributed by atoms with Gasteiger partial charge in [-0.3, -0.25) is 19.0 Å². The minimum Gasteiger partial charge on any atom is -0.368 e. The van der Waals surface area contributed by atoms with Gasteiger partial charge in [-0.25, -0.2) is 0 Å². The number of H-pyrrole nitrogens is 1. The number of carbonyl (C=O) groups is 2. The Kier molecular flexibility index (Phi) is 2.96. The summed E-state index contributed by atoms with van der Waals surface area (Å²) in [7, 11) is 0. The monoisotopic (exact) mass is 321 g/mol. The van der Waals surface area contributed by atoms with Crippen LogP contribution in [-0.2, 0) is 11.2 Å². The van der Waals surface area contributed by atoms with Crippen LogP contribution in [0.15, 0.2) is 41.2 Å². The van der Waals surface area contributed by atoms with Gasteiger partial charge in [0.25, 0.3) is 5.56 Å². The van der Waals surface area contributed by atoms with Crippen molar-refractivity contribution in [3.63, 3.8) is 0 Å². The van der Waals surface area contributed by atoms with Crippen LogP contribution in [-0.4, -0.2) is 21.2 Å². The number of nitrogens with zero attached hydrogens (tertiary/aromatic N) is 1. The lowest BCUT2D eigenvalue weighted by Gasteiger charge is -2.26. The number of aromatic amines is 1. The molecule has 4 rings (SSSR count). The zero-order chi connectivity index (χ0) is 17.0. The van der Waals surface area contributed by atoms with Gasteiger partial charge in [-0.1, -0.05) is 18.2 Å². The molecule has 6 heteroatoms. The van der Waals surface area contributed by atoms with Gasteiger partial charge in [-0.05, 0) is 30.7 Å². The predicted molar refractivity (Wildman–Crippen MR) is 89.9 cm³/mol. The van der Waals surface area contributed by atoms with Gasteiger partial charge in [0.1, 0.15) is 6.04 Å². The molecule has 0 saturated carbocycles. The van der Waals surface area contributed by atoms with E-state index in [1.165, 1.54) is 17.6 Å². The van der Waals surface area contributed by atoms with E-state index in [9.17, 15) is 14.4 Å². The van der Waals surface area contributed by atoms with Crippen molar-refractivity contribution in [3.05, 3.63) is 57.9 Å². The molecule has 0 radical (unpaired) electrons. The second-order valence-electron chi connectivity index (χ2n) is 6.01. The highest BCUT2D eigenvalue weighted by atomic mass is 16.2. The van der Waals surface area contributed by atoms with Crippen LogP contribution < -0.4 is 11.3 Å². The van der Waals surface area contributed by atoms with Gasteiger partial charge in [0.15, 0.2) is 5.78 Å². The molecule has 1 amide bonds. The maximum absolute atomic E-state index is 12.7. The van der Waals surface area contributed by atoms with Gasteiger partial charge in [-0.2, -0.15) is 0 Å². The first kappa shape index (κ1) is 14.4. The highest BCUT2D eigenvalue weighted by molar-refractivity contribution is 5.96. The molecular formula is C18H15N3O3. The highest BCUT2D eigenvalue weighted by Gasteiger charge is 2.32. The molecule has 0 aliphatic carbocycles. The van der Waals surface area contributed by atoms with Crippen molar-refractivity contribution in [1.82, 2.24) is 9.55 Å². The highest BCUT2D eigenvalue weighted by Crippen LogP contribution is 2.37. The molecule has 3 aromatic rings. The first-order valence-electron chi connectivity index (χ1n) is 7.64. The van der Waals surface area contributed by atoms with Gasteiger partial charge < -0.3 is 10.7 Å². The zero-order valence-corrected chi connectivity index (χ0v) is 13.0. The molecule has 24 heavy (non-hydrogen) atoms. The fourth-order valence-corrected chi connectivity index (χ4v) is 3.48. The molecule has 3 heterocycles. The minimum atomic E-state index is -0.807. The standard InChI is InChI=1S/C18H15N3O3/c1-9(22)10-6-7-14-16-12(11-4-2-3-5-13(11)20-16)8-15(17(19)23)21(14)18(10)24/h2-7,15,20H,8H2,1H3,(H2,19,23)/t15-/m0/s1. The Morgan fingerprint density at radius 3 is 2.67 bits per heavy atom. The molecule has 3 N–H and O–H groups in total. The number of rotatable bonds is 2. The van der Waals surface area contributed by atoms with Gasteiger partial charge in [0.05, 0.1) is 17.0 Å². The molecule has 1 aliphatic heterocycles. The Labute approximate surface area is 136 Å². The van der Waals surface area contributed by atoms with Gasteiger partial charge >= 0.3 is 0 Å². The SMILES string of the molecule is CC(=O)c1ccc2n(c1=O)[C@H](C(N)=O)Cc1c-2[nH]c2ccccc12. The quantitative estimate of drug-likeness (QED) is 0.704. The van der Waals surface area contributed by atoms with Crippen LogP contribution in [0.2, 0.25) is 0 Å². The molecular weight excluding hydrogens is 306 g/mol. The number of fused-ring (bicyclic) bond motifs is 5. The molecule has 1 aromatic carbocycles. The van der Waals surface area contributed by atoms with E-state index in [2.05, 4.69) is 4.98 Å². The number of amides is 1. The number of hydrogen-bond acceptors (Lipinski definition) is 3. The van der Waals surface area contributed by atoms with Crippen LogP contribution in [0.5, 0.6) is 0 Å². The third-order valence-corrected chi connectivity index (χ3v) is 4.60. The first-order valence-corrected chi connectivity index (χ1v) is 7.64. The topological polar surface area (TPSA) is 97.9 Å². The molecule has 0 saturated heterocycles. The molecule has 0 unspecified atom stereocenters. The number of nitrogens with one attached hydrogen (secondary N) is 1. The fourth-order valence-electron chi connectivity index (χ4n) is 3.48. The van der Waals surface area contributed by atoms with E-state index in [1.54, 1.807) is 6.07 Å². The van der Waals surface area contributed by atoms with Gasteiger partial charge in [0.2, 0.25) is 5.91 Å². The third-order valence-electron chi connectivity index (χ3n) is 4.60. The third kappa shape index (κ3) is 1.86. The van der Waals surface area contributed by atoms with Crippen LogP contribution in [0, 0.1) is 0 Å². The van der Waals surface area contributed by atoms with E-state index in [0.717, 1.165) is 22.2 Å². The number of nitrogens with two attached hydrogens (primary N) is 1. The lowest BCUT2D eigenvalue weighted by atomic mass is 9.95. The first-order chi connectivity index (χ1) is 11.5. The Morgan fingerprint density at radius 2 is 1.96 bits per heavy atom. The van der Waals surface area contributed by atoms with Crippen molar-refractivity contribution in [2.45, 2.75) is 19.4 Å². The number of carbonyl (C=O) groups excluding carboxylic acids is 2. The van der Waals surface area contributed by atoms with Crippen LogP contribution in [0.3, 0.4) is 0 Å². The summed E-state index contributed by atoms with van der Waals surface area (Å²) in [6, 6.07) is 10.2. The van der Waals surface area contributed by atoms with Crippen LogP contribution >= 0.6 is 0 Å². The van der Waals surface area contributed by atoms with Crippen molar-refractivity contribution in [3.8, 4) is 11.4 Å². The minimum absolute atomic E-state index is 0.0598. The molecule has 120 valence electrons. The summed E-state index contributed by atoms with van der Waals surface area (Å²) in [4.78, 5) is 39.7. The van der Waals surface area contributed by atoms with Crippen LogP contribution in [0.4, 0.5) is 0 Å². The Hall–Kier alpha value is -3.15. The second kappa shape index (κ2) is 4.92. The Bertz CT molecular complexity index is 1070. The number of primary amides is 1. The van der Waals surface area contributed by atoms with Crippen molar-refractivity contribution in [1.29, 1.82) is 0 Å². The number of benzene rings is 1. The molecule has 2 aromatic heterocycles. The Morgan fingerprint density at radius 1 is 1.21 bits per heavy atom. The number of ketones is 1. The summed E-state index contributed by atoms with van der Waals surface area (Å²) in [5.41, 5.74) is 8.40. The summed E-state index contributed by atoms with van der Waals surface area (Å²) in [5, 5.41) is 1.01. The number of para-hydroxylation sites is 1. The van der Waals surface area contributed by atoms with Crippen molar-refractivity contribution < 1.29 is 9.59 Å². The average Bonchev–Trinajstić information content (AvgIpc) is 2.92. The Balaban J connectivity index is 2.10. The molecule has 0 spiro atoms. The number of pyridine rings is 1. The normalized spacial score (nSPS) is 15.8. The van der Waals surface area contributed by atoms with E-state index >= 15 is 0 Å². The van der Waals surface area contributed by atoms with E-state index < -0.39 is 17.5 Å². The maximum Gasteiger partial charge on any atom is 0.262 e. The van der Waals surface area contributed by atoms with Gasteiger partial charge in [0, 0.05) is 17.3 Å². The lowest BCUT2D eigenvalue weighted by molar-refractivity contribution is -0.121. The van der Waals surface area contributed by atoms with Crippen molar-refractivity contribution in [2.24, 2.45) is 5.73 Å². The smallest absolute Gasteiger partial charge is 0.262 e. The molecule has 1 atom stereocenters. The lowest BCUT2D eigenvalue weighted by Crippen LogP contribution is -2.39. The summed E-state index contributed by atoms with van der Waals surface area (Å²) >= 11 is 0. The van der Waals surface area contributed by atoms with E-state index in [0.29, 0.717) is 12.1 Å². The molecule has 6 nitrogen and oxygen atoms in total. The molecule has 0 fully saturated rings. The largest absolute Gasteiger partial charge is 0.368 e. The van der Waals surface area contributed by atoms with E-state index in [4.69, 9.17) is 5.73 Å².